The zero-order valence-corrected chi connectivity index (χ0v) is 18.9. The summed E-state index contributed by atoms with van der Waals surface area (Å²) < 4.78 is 39.7. The molecule has 1 aliphatic rings. The SMILES string of the molecule is COc1cc(C#N)c(Oc2c(Cl)cc(Br)cc2Cl)cc1S(=O)(=O)NC1CC(O)C1. The second kappa shape index (κ2) is 8.68. The number of benzene rings is 2. The van der Waals surface area contributed by atoms with Crippen LogP contribution in [0.25, 0.3) is 0 Å². The molecule has 0 heterocycles. The van der Waals surface area contributed by atoms with Crippen LogP contribution in [0.2, 0.25) is 10.0 Å². The monoisotopic (exact) mass is 520 g/mol. The van der Waals surface area contributed by atoms with Gasteiger partial charge in [-0.1, -0.05) is 39.1 Å². The van der Waals surface area contributed by atoms with Crippen molar-refractivity contribution < 1.29 is 23.0 Å². The molecule has 0 atom stereocenters. The number of aliphatic hydroxyl groups excluding tert-OH is 1. The van der Waals surface area contributed by atoms with E-state index in [4.69, 9.17) is 32.7 Å². The summed E-state index contributed by atoms with van der Waals surface area (Å²) in [5, 5.41) is 19.2. The first-order chi connectivity index (χ1) is 13.6. The van der Waals surface area contributed by atoms with Gasteiger partial charge in [0.1, 0.15) is 22.5 Å². The maximum Gasteiger partial charge on any atom is 0.244 e. The van der Waals surface area contributed by atoms with Crippen molar-refractivity contribution in [3.63, 3.8) is 0 Å². The molecule has 29 heavy (non-hydrogen) atoms. The molecule has 11 heteroatoms. The van der Waals surface area contributed by atoms with Gasteiger partial charge in [0.05, 0.1) is 28.8 Å². The van der Waals surface area contributed by atoms with Gasteiger partial charge >= 0.3 is 0 Å². The number of methoxy groups -OCH3 is 1. The van der Waals surface area contributed by atoms with E-state index in [0.29, 0.717) is 17.3 Å². The lowest BCUT2D eigenvalue weighted by Crippen LogP contribution is -2.46. The Morgan fingerprint density at radius 3 is 2.34 bits per heavy atom. The van der Waals surface area contributed by atoms with E-state index >= 15 is 0 Å². The summed E-state index contributed by atoms with van der Waals surface area (Å²) in [7, 11) is -2.71. The number of rotatable bonds is 6. The van der Waals surface area contributed by atoms with Crippen molar-refractivity contribution in [1.82, 2.24) is 4.72 Å². The fourth-order valence-corrected chi connectivity index (χ4v) is 5.50. The molecule has 0 aliphatic heterocycles. The van der Waals surface area contributed by atoms with Crippen LogP contribution in [0.1, 0.15) is 18.4 Å². The third-order valence-corrected chi connectivity index (χ3v) is 6.85. The Bertz CT molecular complexity index is 1080. The molecule has 1 aliphatic carbocycles. The summed E-state index contributed by atoms with van der Waals surface area (Å²) in [5.74, 6) is 0.0133. The minimum atomic E-state index is -4.00. The van der Waals surface area contributed by atoms with Crippen LogP contribution in [-0.2, 0) is 10.0 Å². The number of halogens is 3. The van der Waals surface area contributed by atoms with Gasteiger partial charge in [-0.2, -0.15) is 5.26 Å². The summed E-state index contributed by atoms with van der Waals surface area (Å²) in [6, 6.07) is 7.12. The van der Waals surface area contributed by atoms with Gasteiger partial charge in [0, 0.05) is 22.6 Å². The number of sulfonamides is 1. The van der Waals surface area contributed by atoms with Gasteiger partial charge in [0.2, 0.25) is 10.0 Å². The molecular weight excluding hydrogens is 507 g/mol. The first-order valence-corrected chi connectivity index (χ1v) is 11.3. The Morgan fingerprint density at radius 2 is 1.83 bits per heavy atom. The Balaban J connectivity index is 2.04. The zero-order chi connectivity index (χ0) is 21.3. The fourth-order valence-electron chi connectivity index (χ4n) is 2.79. The standard InChI is InChI=1S/C18H15BrCl2N2O5S/c1-27-16-2-9(8-22)15(28-18-13(20)3-10(19)4-14(18)21)7-17(16)29(25,26)23-11-5-12(24)6-11/h2-4,7,11-12,23-24H,5-6H2,1H3. The molecule has 0 bridgehead atoms. The smallest absolute Gasteiger partial charge is 0.244 e. The summed E-state index contributed by atoms with van der Waals surface area (Å²) in [5.41, 5.74) is 0.0370. The normalized spacial score (nSPS) is 18.6. The Morgan fingerprint density at radius 1 is 1.21 bits per heavy atom. The lowest BCUT2D eigenvalue weighted by atomic mass is 9.91. The van der Waals surface area contributed by atoms with Crippen molar-refractivity contribution in [2.45, 2.75) is 29.9 Å². The highest BCUT2D eigenvalue weighted by molar-refractivity contribution is 9.10. The molecule has 1 fully saturated rings. The summed E-state index contributed by atoms with van der Waals surface area (Å²) in [6.45, 7) is 0. The lowest BCUT2D eigenvalue weighted by molar-refractivity contribution is 0.0712. The van der Waals surface area contributed by atoms with E-state index < -0.39 is 16.1 Å². The average Bonchev–Trinajstić information content (AvgIpc) is 2.62. The van der Waals surface area contributed by atoms with Crippen LogP contribution >= 0.6 is 39.1 Å². The van der Waals surface area contributed by atoms with Crippen molar-refractivity contribution in [3.8, 4) is 23.3 Å². The van der Waals surface area contributed by atoms with Crippen molar-refractivity contribution in [2.24, 2.45) is 0 Å². The number of hydrogen-bond donors (Lipinski definition) is 2. The van der Waals surface area contributed by atoms with Crippen LogP contribution in [0.15, 0.2) is 33.6 Å². The molecule has 7 nitrogen and oxygen atoms in total. The third-order valence-electron chi connectivity index (χ3n) is 4.29. The summed E-state index contributed by atoms with van der Waals surface area (Å²) in [6.07, 6.45) is 0.127. The van der Waals surface area contributed by atoms with Crippen LogP contribution in [0.4, 0.5) is 0 Å². The van der Waals surface area contributed by atoms with Crippen molar-refractivity contribution in [2.75, 3.05) is 7.11 Å². The van der Waals surface area contributed by atoms with E-state index in [1.165, 1.54) is 19.2 Å². The highest BCUT2D eigenvalue weighted by Gasteiger charge is 2.33. The van der Waals surface area contributed by atoms with Gasteiger partial charge in [-0.25, -0.2) is 13.1 Å². The molecule has 0 aromatic heterocycles. The molecule has 2 N–H and O–H groups in total. The van der Waals surface area contributed by atoms with E-state index in [0.717, 1.165) is 0 Å². The predicted molar refractivity (Wildman–Crippen MR) is 111 cm³/mol. The van der Waals surface area contributed by atoms with Crippen LogP contribution < -0.4 is 14.2 Å². The van der Waals surface area contributed by atoms with Crippen molar-refractivity contribution in [1.29, 1.82) is 5.26 Å². The van der Waals surface area contributed by atoms with E-state index in [1.807, 2.05) is 6.07 Å². The topological polar surface area (TPSA) is 109 Å². The van der Waals surface area contributed by atoms with Crippen LogP contribution in [0.3, 0.4) is 0 Å². The Hall–Kier alpha value is -1.54. The summed E-state index contributed by atoms with van der Waals surface area (Å²) in [4.78, 5) is -0.209. The van der Waals surface area contributed by atoms with Crippen molar-refractivity contribution >= 4 is 49.2 Å². The Labute approximate surface area is 186 Å². The number of nitriles is 1. The summed E-state index contributed by atoms with van der Waals surface area (Å²) >= 11 is 15.6. The van der Waals surface area contributed by atoms with Crippen LogP contribution in [0.5, 0.6) is 17.2 Å². The molecule has 0 amide bonds. The largest absolute Gasteiger partial charge is 0.495 e. The van der Waals surface area contributed by atoms with Crippen LogP contribution in [0, 0.1) is 11.3 Å². The van der Waals surface area contributed by atoms with Crippen molar-refractivity contribution in [3.05, 3.63) is 44.3 Å². The van der Waals surface area contributed by atoms with Gasteiger partial charge in [0.25, 0.3) is 0 Å². The molecule has 0 radical (unpaired) electrons. The fraction of sp³-hybridized carbons (Fsp3) is 0.278. The van der Waals surface area contributed by atoms with Gasteiger partial charge in [-0.05, 0) is 25.0 Å². The third kappa shape index (κ3) is 4.79. The molecule has 0 spiro atoms. The molecule has 0 unspecified atom stereocenters. The molecule has 3 rings (SSSR count). The molecule has 154 valence electrons. The van der Waals surface area contributed by atoms with E-state index in [2.05, 4.69) is 20.7 Å². The van der Waals surface area contributed by atoms with Gasteiger partial charge in [0.15, 0.2) is 5.75 Å². The number of ether oxygens (including phenoxy) is 2. The average molecular weight is 522 g/mol. The number of hydrogen-bond acceptors (Lipinski definition) is 6. The molecule has 2 aromatic rings. The number of nitrogens with zero attached hydrogens (tertiary/aromatic N) is 1. The van der Waals surface area contributed by atoms with Gasteiger partial charge in [-0.15, -0.1) is 0 Å². The highest BCUT2D eigenvalue weighted by atomic mass is 79.9. The van der Waals surface area contributed by atoms with Gasteiger partial charge in [-0.3, -0.25) is 0 Å². The van der Waals surface area contributed by atoms with E-state index in [1.54, 1.807) is 12.1 Å². The maximum absolute atomic E-state index is 12.8. The highest BCUT2D eigenvalue weighted by Crippen LogP contribution is 2.41. The second-order valence-electron chi connectivity index (χ2n) is 6.36. The molecule has 0 saturated heterocycles. The van der Waals surface area contributed by atoms with Crippen LogP contribution in [-0.4, -0.2) is 32.8 Å². The first-order valence-electron chi connectivity index (χ1n) is 8.29. The number of aliphatic hydroxyl groups is 1. The molecule has 1 saturated carbocycles. The quantitative estimate of drug-likeness (QED) is 0.588. The first kappa shape index (κ1) is 22.2. The zero-order valence-electron chi connectivity index (χ0n) is 14.9. The van der Waals surface area contributed by atoms with E-state index in [-0.39, 0.29) is 43.8 Å². The lowest BCUT2D eigenvalue weighted by Gasteiger charge is -2.31. The Kier molecular flexibility index (Phi) is 6.63. The minimum absolute atomic E-state index is 0.0192. The molecule has 2 aromatic carbocycles. The predicted octanol–water partition coefficient (Wildman–Crippen LogP) is 4.23. The molecular formula is C18H15BrCl2N2O5S. The van der Waals surface area contributed by atoms with Gasteiger partial charge < -0.3 is 14.6 Å². The maximum atomic E-state index is 12.8. The number of nitrogens with one attached hydrogen (secondary N) is 1. The second-order valence-corrected chi connectivity index (χ2v) is 9.77. The van der Waals surface area contributed by atoms with E-state index in [9.17, 15) is 18.8 Å². The minimum Gasteiger partial charge on any atom is -0.495 e.